The second kappa shape index (κ2) is 4.70. The zero-order valence-electron chi connectivity index (χ0n) is 8.38. The van der Waals surface area contributed by atoms with Crippen LogP contribution in [0.2, 0.25) is 0 Å². The van der Waals surface area contributed by atoms with Gasteiger partial charge in [-0.3, -0.25) is 4.79 Å². The molecule has 1 aromatic carbocycles. The van der Waals surface area contributed by atoms with Crippen LogP contribution >= 0.6 is 0 Å². The Morgan fingerprint density at radius 3 is 2.57 bits per heavy atom. The van der Waals surface area contributed by atoms with Crippen molar-refractivity contribution in [1.29, 1.82) is 0 Å². The van der Waals surface area contributed by atoms with E-state index in [1.165, 1.54) is 19.1 Å². The molecule has 74 valence electrons. The number of hydrogen-bond acceptors (Lipinski definition) is 1. The molecule has 0 aromatic heterocycles. The van der Waals surface area contributed by atoms with E-state index in [2.05, 4.69) is 0 Å². The number of ketones is 1. The van der Waals surface area contributed by atoms with E-state index < -0.39 is 0 Å². The van der Waals surface area contributed by atoms with Crippen molar-refractivity contribution < 1.29 is 9.18 Å². The molecule has 0 heterocycles. The summed E-state index contributed by atoms with van der Waals surface area (Å²) in [6.07, 6.45) is 2.14. The molecule has 0 radical (unpaired) electrons. The molecule has 0 saturated heterocycles. The molecule has 1 aromatic rings. The highest BCUT2D eigenvalue weighted by Gasteiger charge is 2.05. The Hall–Kier alpha value is -1.44. The molecule has 0 fully saturated rings. The van der Waals surface area contributed by atoms with Crippen LogP contribution in [-0.2, 0) is 4.79 Å². The molecular formula is C12H13FO. The van der Waals surface area contributed by atoms with E-state index in [1.807, 2.05) is 6.92 Å². The molecule has 14 heavy (non-hydrogen) atoms. The summed E-state index contributed by atoms with van der Waals surface area (Å²) in [5, 5.41) is 0. The average molecular weight is 192 g/mol. The first kappa shape index (κ1) is 10.6. The van der Waals surface area contributed by atoms with E-state index in [9.17, 15) is 9.18 Å². The SMILES string of the molecule is CC/C(=C/C(C)=O)c1ccccc1F. The van der Waals surface area contributed by atoms with Crippen LogP contribution in [0.1, 0.15) is 25.8 Å². The number of hydrogen-bond donors (Lipinski definition) is 0. The number of carbonyl (C=O) groups is 1. The summed E-state index contributed by atoms with van der Waals surface area (Å²) in [5.41, 5.74) is 1.26. The summed E-state index contributed by atoms with van der Waals surface area (Å²) in [6.45, 7) is 3.37. The van der Waals surface area contributed by atoms with Gasteiger partial charge >= 0.3 is 0 Å². The fourth-order valence-corrected chi connectivity index (χ4v) is 1.34. The molecule has 0 aliphatic rings. The van der Waals surface area contributed by atoms with Crippen LogP contribution in [-0.4, -0.2) is 5.78 Å². The van der Waals surface area contributed by atoms with Crippen molar-refractivity contribution in [3.63, 3.8) is 0 Å². The summed E-state index contributed by atoms with van der Waals surface area (Å²) >= 11 is 0. The third kappa shape index (κ3) is 2.52. The molecule has 0 amide bonds. The molecule has 0 spiro atoms. The van der Waals surface area contributed by atoms with Crippen molar-refractivity contribution in [2.45, 2.75) is 20.3 Å². The second-order valence-electron chi connectivity index (χ2n) is 3.11. The van der Waals surface area contributed by atoms with Gasteiger partial charge in [-0.2, -0.15) is 0 Å². The standard InChI is InChI=1S/C12H13FO/c1-3-10(8-9(2)14)11-6-4-5-7-12(11)13/h4-8H,3H2,1-2H3/b10-8-. The summed E-state index contributed by atoms with van der Waals surface area (Å²) in [5.74, 6) is -0.327. The van der Waals surface area contributed by atoms with Crippen LogP contribution in [0.4, 0.5) is 4.39 Å². The number of rotatable bonds is 3. The van der Waals surface area contributed by atoms with E-state index in [1.54, 1.807) is 18.2 Å². The van der Waals surface area contributed by atoms with Crippen LogP contribution in [0.3, 0.4) is 0 Å². The van der Waals surface area contributed by atoms with Gasteiger partial charge in [-0.15, -0.1) is 0 Å². The molecule has 2 heteroatoms. The Morgan fingerprint density at radius 2 is 2.07 bits per heavy atom. The molecule has 0 unspecified atom stereocenters. The lowest BCUT2D eigenvalue weighted by molar-refractivity contribution is -0.112. The maximum absolute atomic E-state index is 13.3. The fraction of sp³-hybridized carbons (Fsp3) is 0.250. The minimum absolute atomic E-state index is 0.0508. The van der Waals surface area contributed by atoms with E-state index in [-0.39, 0.29) is 11.6 Å². The molecule has 0 saturated carbocycles. The maximum atomic E-state index is 13.3. The van der Waals surface area contributed by atoms with Gasteiger partial charge in [0, 0.05) is 5.56 Å². The monoisotopic (exact) mass is 192 g/mol. The van der Waals surface area contributed by atoms with Gasteiger partial charge in [0.15, 0.2) is 5.78 Å². The Morgan fingerprint density at radius 1 is 1.43 bits per heavy atom. The molecule has 0 N–H and O–H groups in total. The Kier molecular flexibility index (Phi) is 3.57. The zero-order chi connectivity index (χ0) is 10.6. The Bertz CT molecular complexity index is 366. The lowest BCUT2D eigenvalue weighted by Crippen LogP contribution is -1.92. The molecule has 0 aliphatic carbocycles. The van der Waals surface area contributed by atoms with Crippen LogP contribution in [0, 0.1) is 5.82 Å². The second-order valence-corrected chi connectivity index (χ2v) is 3.11. The first-order chi connectivity index (χ1) is 6.65. The first-order valence-corrected chi connectivity index (χ1v) is 4.61. The molecule has 1 rings (SSSR count). The van der Waals surface area contributed by atoms with E-state index in [0.29, 0.717) is 12.0 Å². The number of allylic oxidation sites excluding steroid dienone is 2. The molecular weight excluding hydrogens is 179 g/mol. The van der Waals surface area contributed by atoms with Gasteiger partial charge in [0.1, 0.15) is 5.82 Å². The molecule has 0 atom stereocenters. The van der Waals surface area contributed by atoms with Gasteiger partial charge < -0.3 is 0 Å². The van der Waals surface area contributed by atoms with Crippen molar-refractivity contribution >= 4 is 11.4 Å². The quantitative estimate of drug-likeness (QED) is 0.672. The summed E-state index contributed by atoms with van der Waals surface area (Å²) in [6, 6.07) is 6.49. The third-order valence-electron chi connectivity index (χ3n) is 1.98. The predicted molar refractivity (Wildman–Crippen MR) is 55.3 cm³/mol. The van der Waals surface area contributed by atoms with Crippen molar-refractivity contribution in [3.8, 4) is 0 Å². The van der Waals surface area contributed by atoms with Gasteiger partial charge in [0.05, 0.1) is 0 Å². The third-order valence-corrected chi connectivity index (χ3v) is 1.98. The molecule has 1 nitrogen and oxygen atoms in total. The Labute approximate surface area is 83.3 Å². The van der Waals surface area contributed by atoms with Gasteiger partial charge in [0.25, 0.3) is 0 Å². The number of carbonyl (C=O) groups excluding carboxylic acids is 1. The fourth-order valence-electron chi connectivity index (χ4n) is 1.34. The highest BCUT2D eigenvalue weighted by molar-refractivity contribution is 5.95. The topological polar surface area (TPSA) is 17.1 Å². The smallest absolute Gasteiger partial charge is 0.152 e. The Balaban J connectivity index is 3.13. The van der Waals surface area contributed by atoms with Crippen LogP contribution in [0.25, 0.3) is 5.57 Å². The van der Waals surface area contributed by atoms with E-state index in [0.717, 1.165) is 5.57 Å². The van der Waals surface area contributed by atoms with E-state index >= 15 is 0 Å². The van der Waals surface area contributed by atoms with Crippen molar-refractivity contribution in [1.82, 2.24) is 0 Å². The minimum Gasteiger partial charge on any atom is -0.295 e. The van der Waals surface area contributed by atoms with Crippen LogP contribution < -0.4 is 0 Å². The zero-order valence-corrected chi connectivity index (χ0v) is 8.38. The largest absolute Gasteiger partial charge is 0.295 e. The average Bonchev–Trinajstić information content (AvgIpc) is 2.15. The lowest BCUT2D eigenvalue weighted by atomic mass is 10.0. The lowest BCUT2D eigenvalue weighted by Gasteiger charge is -2.04. The highest BCUT2D eigenvalue weighted by atomic mass is 19.1. The number of halogens is 1. The first-order valence-electron chi connectivity index (χ1n) is 4.61. The van der Waals surface area contributed by atoms with Crippen molar-refractivity contribution in [3.05, 3.63) is 41.7 Å². The van der Waals surface area contributed by atoms with Crippen LogP contribution in [0.15, 0.2) is 30.3 Å². The molecule has 0 bridgehead atoms. The van der Waals surface area contributed by atoms with Crippen LogP contribution in [0.5, 0.6) is 0 Å². The van der Waals surface area contributed by atoms with Gasteiger partial charge in [-0.1, -0.05) is 25.1 Å². The number of benzene rings is 1. The summed E-state index contributed by atoms with van der Waals surface area (Å²) in [7, 11) is 0. The summed E-state index contributed by atoms with van der Waals surface area (Å²) in [4.78, 5) is 10.9. The summed E-state index contributed by atoms with van der Waals surface area (Å²) < 4.78 is 13.3. The minimum atomic E-state index is -0.276. The predicted octanol–water partition coefficient (Wildman–Crippen LogP) is 3.21. The highest BCUT2D eigenvalue weighted by Crippen LogP contribution is 2.20. The van der Waals surface area contributed by atoms with Gasteiger partial charge in [0.2, 0.25) is 0 Å². The van der Waals surface area contributed by atoms with Gasteiger partial charge in [-0.05, 0) is 31.1 Å². The normalized spacial score (nSPS) is 11.5. The van der Waals surface area contributed by atoms with Crippen molar-refractivity contribution in [2.24, 2.45) is 0 Å². The maximum Gasteiger partial charge on any atom is 0.152 e. The molecule has 0 aliphatic heterocycles. The van der Waals surface area contributed by atoms with Crippen molar-refractivity contribution in [2.75, 3.05) is 0 Å². The van der Waals surface area contributed by atoms with E-state index in [4.69, 9.17) is 0 Å². The van der Waals surface area contributed by atoms with Gasteiger partial charge in [-0.25, -0.2) is 4.39 Å².